The van der Waals surface area contributed by atoms with E-state index in [0.717, 1.165) is 24.1 Å². The van der Waals surface area contributed by atoms with Crippen LogP contribution in [0.2, 0.25) is 0 Å². The Labute approximate surface area is 118 Å². The number of fused-ring (bicyclic) bond motifs is 1. The molecule has 2 nitrogen and oxygen atoms in total. The summed E-state index contributed by atoms with van der Waals surface area (Å²) in [5, 5.41) is 0. The summed E-state index contributed by atoms with van der Waals surface area (Å²) in [7, 11) is 0. The van der Waals surface area contributed by atoms with E-state index in [1.54, 1.807) is 11.0 Å². The normalized spacial score (nSPS) is 16.4. The first kappa shape index (κ1) is 14.3. The third-order valence-electron chi connectivity index (χ3n) is 3.69. The van der Waals surface area contributed by atoms with Crippen molar-refractivity contribution < 1.29 is 9.18 Å². The van der Waals surface area contributed by atoms with Gasteiger partial charge in [-0.3, -0.25) is 4.79 Å². The van der Waals surface area contributed by atoms with Gasteiger partial charge >= 0.3 is 0 Å². The van der Waals surface area contributed by atoms with Gasteiger partial charge < -0.3 is 4.90 Å². The number of amides is 1. The molecule has 1 aromatic rings. The van der Waals surface area contributed by atoms with Gasteiger partial charge in [-0.05, 0) is 42.9 Å². The lowest BCUT2D eigenvalue weighted by atomic mass is 9.99. The van der Waals surface area contributed by atoms with Gasteiger partial charge in [-0.25, -0.2) is 4.39 Å². The van der Waals surface area contributed by atoms with E-state index in [1.165, 1.54) is 12.1 Å². The fourth-order valence-electron chi connectivity index (χ4n) is 2.44. The summed E-state index contributed by atoms with van der Waals surface area (Å²) in [5.41, 5.74) is 1.81. The van der Waals surface area contributed by atoms with Crippen molar-refractivity contribution in [3.05, 3.63) is 29.6 Å². The maximum absolute atomic E-state index is 13.4. The van der Waals surface area contributed by atoms with Crippen LogP contribution in [0.1, 0.15) is 31.7 Å². The smallest absolute Gasteiger partial charge is 0.227 e. The van der Waals surface area contributed by atoms with Crippen molar-refractivity contribution in [2.45, 2.75) is 32.6 Å². The molecule has 0 bridgehead atoms. The van der Waals surface area contributed by atoms with Gasteiger partial charge in [-0.1, -0.05) is 13.0 Å². The van der Waals surface area contributed by atoms with Gasteiger partial charge in [-0.2, -0.15) is 0 Å². The largest absolute Gasteiger partial charge is 0.312 e. The lowest BCUT2D eigenvalue weighted by Gasteiger charge is -2.30. The van der Waals surface area contributed by atoms with Crippen molar-refractivity contribution in [2.24, 2.45) is 5.92 Å². The number of carbonyl (C=O) groups excluding carboxylic acids is 1. The predicted molar refractivity (Wildman–Crippen MR) is 76.2 cm³/mol. The highest BCUT2D eigenvalue weighted by molar-refractivity contribution is 6.17. The van der Waals surface area contributed by atoms with Crippen molar-refractivity contribution >= 4 is 23.2 Å². The molecule has 104 valence electrons. The average molecular weight is 284 g/mol. The van der Waals surface area contributed by atoms with Gasteiger partial charge in [0.25, 0.3) is 0 Å². The summed E-state index contributed by atoms with van der Waals surface area (Å²) >= 11 is 5.72. The second kappa shape index (κ2) is 6.38. The van der Waals surface area contributed by atoms with Gasteiger partial charge in [-0.15, -0.1) is 11.6 Å². The topological polar surface area (TPSA) is 20.3 Å². The molecule has 0 aromatic heterocycles. The van der Waals surface area contributed by atoms with E-state index in [2.05, 4.69) is 6.92 Å². The maximum atomic E-state index is 13.4. The molecule has 4 heteroatoms. The number of halogens is 2. The Morgan fingerprint density at radius 2 is 2.16 bits per heavy atom. The van der Waals surface area contributed by atoms with E-state index < -0.39 is 0 Å². The highest BCUT2D eigenvalue weighted by Crippen LogP contribution is 2.29. The Bertz CT molecular complexity index is 463. The number of aryl methyl sites for hydroxylation is 1. The van der Waals surface area contributed by atoms with Crippen LogP contribution in [-0.4, -0.2) is 18.3 Å². The zero-order valence-corrected chi connectivity index (χ0v) is 11.9. The second-order valence-electron chi connectivity index (χ2n) is 5.19. The summed E-state index contributed by atoms with van der Waals surface area (Å²) in [6.07, 6.45) is 3.07. The molecule has 1 aliphatic rings. The van der Waals surface area contributed by atoms with E-state index >= 15 is 0 Å². The highest BCUT2D eigenvalue weighted by atomic mass is 35.5. The zero-order chi connectivity index (χ0) is 13.8. The molecule has 2 rings (SSSR count). The Kier molecular flexibility index (Phi) is 4.81. The molecular formula is C15H19ClFNO. The van der Waals surface area contributed by atoms with E-state index in [9.17, 15) is 9.18 Å². The number of hydrogen-bond acceptors (Lipinski definition) is 1. The van der Waals surface area contributed by atoms with Crippen molar-refractivity contribution in [3.63, 3.8) is 0 Å². The van der Waals surface area contributed by atoms with Crippen LogP contribution in [0.25, 0.3) is 0 Å². The van der Waals surface area contributed by atoms with Crippen LogP contribution in [-0.2, 0) is 11.2 Å². The molecule has 1 aromatic carbocycles. The van der Waals surface area contributed by atoms with Crippen LogP contribution in [0.15, 0.2) is 18.2 Å². The summed E-state index contributed by atoms with van der Waals surface area (Å²) in [6, 6.07) is 4.72. The third-order valence-corrected chi connectivity index (χ3v) is 3.91. The monoisotopic (exact) mass is 283 g/mol. The molecule has 1 amide bonds. The SMILES string of the molecule is CC(CCCl)CCN1C(=O)CCc2ccc(F)cc21. The van der Waals surface area contributed by atoms with Crippen molar-refractivity contribution in [3.8, 4) is 0 Å². The molecule has 1 unspecified atom stereocenters. The highest BCUT2D eigenvalue weighted by Gasteiger charge is 2.24. The molecule has 19 heavy (non-hydrogen) atoms. The number of carbonyl (C=O) groups is 1. The van der Waals surface area contributed by atoms with Gasteiger partial charge in [0.05, 0.1) is 0 Å². The molecule has 0 saturated carbocycles. The van der Waals surface area contributed by atoms with Crippen LogP contribution in [0.3, 0.4) is 0 Å². The molecule has 1 aliphatic heterocycles. The van der Waals surface area contributed by atoms with Crippen molar-refractivity contribution in [1.29, 1.82) is 0 Å². The van der Waals surface area contributed by atoms with E-state index in [1.807, 2.05) is 0 Å². The maximum Gasteiger partial charge on any atom is 0.227 e. The van der Waals surface area contributed by atoms with Gasteiger partial charge in [0.2, 0.25) is 5.91 Å². The van der Waals surface area contributed by atoms with Crippen LogP contribution < -0.4 is 4.90 Å². The number of alkyl halides is 1. The van der Waals surface area contributed by atoms with Crippen molar-refractivity contribution in [1.82, 2.24) is 0 Å². The second-order valence-corrected chi connectivity index (χ2v) is 5.57. The van der Waals surface area contributed by atoms with Crippen LogP contribution in [0.4, 0.5) is 10.1 Å². The summed E-state index contributed by atoms with van der Waals surface area (Å²) in [4.78, 5) is 13.7. The lowest BCUT2D eigenvalue weighted by molar-refractivity contribution is -0.118. The van der Waals surface area contributed by atoms with Gasteiger partial charge in [0.1, 0.15) is 5.82 Å². The Balaban J connectivity index is 2.11. The fourth-order valence-corrected chi connectivity index (χ4v) is 2.81. The zero-order valence-electron chi connectivity index (χ0n) is 11.2. The number of rotatable bonds is 5. The minimum absolute atomic E-state index is 0.0937. The number of anilines is 1. The predicted octanol–water partition coefficient (Wildman–Crippen LogP) is 3.76. The average Bonchev–Trinajstić information content (AvgIpc) is 2.38. The van der Waals surface area contributed by atoms with Crippen molar-refractivity contribution in [2.75, 3.05) is 17.3 Å². The molecule has 0 spiro atoms. The molecule has 0 saturated heterocycles. The Hall–Kier alpha value is -1.09. The molecule has 0 N–H and O–H groups in total. The lowest BCUT2D eigenvalue weighted by Crippen LogP contribution is -2.36. The molecule has 0 aliphatic carbocycles. The standard InChI is InChI=1S/C15H19ClFNO/c1-11(6-8-16)7-9-18-14-10-13(17)4-2-12(14)3-5-15(18)19/h2,4,10-11H,3,5-9H2,1H3. The summed E-state index contributed by atoms with van der Waals surface area (Å²) in [5.74, 6) is 0.924. The first-order valence-corrected chi connectivity index (χ1v) is 7.30. The Morgan fingerprint density at radius 1 is 1.37 bits per heavy atom. The Morgan fingerprint density at radius 3 is 2.89 bits per heavy atom. The molecule has 0 radical (unpaired) electrons. The van der Waals surface area contributed by atoms with E-state index in [0.29, 0.717) is 31.2 Å². The summed E-state index contributed by atoms with van der Waals surface area (Å²) in [6.45, 7) is 2.77. The van der Waals surface area contributed by atoms with Gasteiger partial charge in [0.15, 0.2) is 0 Å². The minimum atomic E-state index is -0.285. The molecule has 1 heterocycles. The quantitative estimate of drug-likeness (QED) is 0.754. The van der Waals surface area contributed by atoms with Crippen LogP contribution in [0.5, 0.6) is 0 Å². The van der Waals surface area contributed by atoms with Gasteiger partial charge in [0, 0.05) is 24.5 Å². The number of hydrogen-bond donors (Lipinski definition) is 0. The number of nitrogens with zero attached hydrogens (tertiary/aromatic N) is 1. The first-order chi connectivity index (χ1) is 9.11. The molecular weight excluding hydrogens is 265 g/mol. The molecule has 0 fully saturated rings. The van der Waals surface area contributed by atoms with Crippen LogP contribution in [0, 0.1) is 11.7 Å². The number of benzene rings is 1. The first-order valence-electron chi connectivity index (χ1n) is 6.76. The van der Waals surface area contributed by atoms with E-state index in [4.69, 9.17) is 11.6 Å². The summed E-state index contributed by atoms with van der Waals surface area (Å²) < 4.78 is 13.4. The third kappa shape index (κ3) is 3.47. The molecule has 1 atom stereocenters. The van der Waals surface area contributed by atoms with E-state index in [-0.39, 0.29) is 11.7 Å². The fraction of sp³-hybridized carbons (Fsp3) is 0.533. The van der Waals surface area contributed by atoms with Crippen LogP contribution >= 0.6 is 11.6 Å². The minimum Gasteiger partial charge on any atom is -0.312 e.